The third-order valence-electron chi connectivity index (χ3n) is 3.23. The largest absolute Gasteiger partial charge is 0.416 e. The van der Waals surface area contributed by atoms with E-state index in [2.05, 4.69) is 26.6 Å². The van der Waals surface area contributed by atoms with Crippen molar-refractivity contribution < 1.29 is 13.2 Å². The summed E-state index contributed by atoms with van der Waals surface area (Å²) in [6.07, 6.45) is 0.0514. The number of benzene rings is 1. The number of thiocarbonyl (C=S) groups is 1. The number of halogens is 4. The van der Waals surface area contributed by atoms with E-state index in [1.54, 1.807) is 0 Å². The number of nitrogens with one attached hydrogen (secondary N) is 2. The molecule has 0 bridgehead atoms. The van der Waals surface area contributed by atoms with Gasteiger partial charge in [-0.1, -0.05) is 12.8 Å². The van der Waals surface area contributed by atoms with Gasteiger partial charge in [-0.25, -0.2) is 0 Å². The number of hydrogen-bond donors (Lipinski definition) is 2. The second kappa shape index (κ2) is 6.30. The molecule has 2 N–H and O–H groups in total. The van der Waals surface area contributed by atoms with Gasteiger partial charge in [-0.2, -0.15) is 13.2 Å². The van der Waals surface area contributed by atoms with Crippen LogP contribution in [-0.4, -0.2) is 11.2 Å². The molecule has 110 valence electrons. The summed E-state index contributed by atoms with van der Waals surface area (Å²) in [6, 6.07) is 3.76. The molecule has 7 heteroatoms. The molecular formula is C13H14BrF3N2S. The second-order valence-corrected chi connectivity index (χ2v) is 6.03. The molecule has 0 saturated heterocycles. The van der Waals surface area contributed by atoms with E-state index < -0.39 is 11.7 Å². The monoisotopic (exact) mass is 366 g/mol. The minimum absolute atomic E-state index is 0.315. The smallest absolute Gasteiger partial charge is 0.360 e. The van der Waals surface area contributed by atoms with Crippen molar-refractivity contribution in [2.45, 2.75) is 37.9 Å². The summed E-state index contributed by atoms with van der Waals surface area (Å²) in [7, 11) is 0. The Morgan fingerprint density at radius 2 is 1.90 bits per heavy atom. The average Bonchev–Trinajstić information content (AvgIpc) is 2.83. The van der Waals surface area contributed by atoms with Crippen LogP contribution in [0.5, 0.6) is 0 Å². The minimum Gasteiger partial charge on any atom is -0.360 e. The van der Waals surface area contributed by atoms with Gasteiger partial charge in [0.2, 0.25) is 0 Å². The highest BCUT2D eigenvalue weighted by molar-refractivity contribution is 9.10. The van der Waals surface area contributed by atoms with Crippen LogP contribution in [-0.2, 0) is 6.18 Å². The fraction of sp³-hybridized carbons (Fsp3) is 0.462. The van der Waals surface area contributed by atoms with Gasteiger partial charge < -0.3 is 10.6 Å². The van der Waals surface area contributed by atoms with Crippen molar-refractivity contribution in [2.75, 3.05) is 5.32 Å². The lowest BCUT2D eigenvalue weighted by atomic mass is 10.2. The summed E-state index contributed by atoms with van der Waals surface area (Å²) in [5.74, 6) is 0. The summed E-state index contributed by atoms with van der Waals surface area (Å²) in [5, 5.41) is 6.31. The molecule has 0 aliphatic heterocycles. The normalized spacial score (nSPS) is 16.2. The van der Waals surface area contributed by atoms with Crippen LogP contribution in [0.25, 0.3) is 0 Å². The number of rotatable bonds is 2. The maximum absolute atomic E-state index is 12.7. The van der Waals surface area contributed by atoms with E-state index in [0.717, 1.165) is 37.8 Å². The summed E-state index contributed by atoms with van der Waals surface area (Å²) in [5.41, 5.74) is -0.387. The van der Waals surface area contributed by atoms with Gasteiger partial charge in [0.15, 0.2) is 5.11 Å². The van der Waals surface area contributed by atoms with E-state index in [9.17, 15) is 13.2 Å². The highest BCUT2D eigenvalue weighted by atomic mass is 79.9. The van der Waals surface area contributed by atoms with Gasteiger partial charge >= 0.3 is 6.18 Å². The lowest BCUT2D eigenvalue weighted by molar-refractivity contribution is -0.137. The van der Waals surface area contributed by atoms with Crippen LogP contribution < -0.4 is 10.6 Å². The zero-order valence-electron chi connectivity index (χ0n) is 10.6. The van der Waals surface area contributed by atoms with Gasteiger partial charge in [-0.3, -0.25) is 0 Å². The summed E-state index contributed by atoms with van der Waals surface area (Å²) in [6.45, 7) is 0. The first-order valence-electron chi connectivity index (χ1n) is 6.30. The predicted octanol–water partition coefficient (Wildman–Crippen LogP) is 4.70. The van der Waals surface area contributed by atoms with Crippen LogP contribution in [0.1, 0.15) is 31.2 Å². The van der Waals surface area contributed by atoms with E-state index in [-0.39, 0.29) is 0 Å². The molecule has 0 atom stereocenters. The molecule has 1 fully saturated rings. The Labute approximate surface area is 129 Å². The standard InChI is InChI=1S/C13H14BrF3N2S/c14-10-6-5-8(13(15,16)17)7-11(10)19-12(20)18-9-3-1-2-4-9/h5-7,9H,1-4H2,(H2,18,19,20). The topological polar surface area (TPSA) is 24.1 Å². The molecule has 1 aliphatic carbocycles. The lowest BCUT2D eigenvalue weighted by Crippen LogP contribution is -2.36. The average molecular weight is 367 g/mol. The molecule has 1 aromatic rings. The van der Waals surface area contributed by atoms with Crippen molar-refractivity contribution in [3.8, 4) is 0 Å². The highest BCUT2D eigenvalue weighted by Gasteiger charge is 2.31. The highest BCUT2D eigenvalue weighted by Crippen LogP contribution is 2.34. The Morgan fingerprint density at radius 1 is 1.25 bits per heavy atom. The molecule has 1 saturated carbocycles. The third kappa shape index (κ3) is 4.09. The Morgan fingerprint density at radius 3 is 2.50 bits per heavy atom. The summed E-state index contributed by atoms with van der Waals surface area (Å²) in [4.78, 5) is 0. The minimum atomic E-state index is -4.36. The molecule has 0 heterocycles. The predicted molar refractivity (Wildman–Crippen MR) is 80.8 cm³/mol. The van der Waals surface area contributed by atoms with Gasteiger partial charge in [-0.15, -0.1) is 0 Å². The van der Waals surface area contributed by atoms with E-state index in [1.807, 2.05) is 0 Å². The van der Waals surface area contributed by atoms with Crippen LogP contribution in [0.4, 0.5) is 18.9 Å². The maximum atomic E-state index is 12.7. The van der Waals surface area contributed by atoms with Crippen LogP contribution in [0.15, 0.2) is 22.7 Å². The molecule has 0 spiro atoms. The number of alkyl halides is 3. The zero-order chi connectivity index (χ0) is 14.8. The van der Waals surface area contributed by atoms with Crippen molar-refractivity contribution in [3.05, 3.63) is 28.2 Å². The molecule has 1 aromatic carbocycles. The van der Waals surface area contributed by atoms with Crippen LogP contribution in [0.3, 0.4) is 0 Å². The SMILES string of the molecule is FC(F)(F)c1ccc(Br)c(NC(=S)NC2CCCC2)c1. The first-order chi connectivity index (χ1) is 9.36. The quantitative estimate of drug-likeness (QED) is 0.742. The van der Waals surface area contributed by atoms with Gasteiger partial charge in [0, 0.05) is 10.5 Å². The first-order valence-corrected chi connectivity index (χ1v) is 7.50. The van der Waals surface area contributed by atoms with E-state index in [1.165, 1.54) is 6.07 Å². The number of anilines is 1. The summed E-state index contributed by atoms with van der Waals surface area (Å²) >= 11 is 8.37. The van der Waals surface area contributed by atoms with Crippen molar-refractivity contribution in [1.82, 2.24) is 5.32 Å². The maximum Gasteiger partial charge on any atom is 0.416 e. The summed E-state index contributed by atoms with van der Waals surface area (Å²) < 4.78 is 38.6. The molecule has 0 amide bonds. The second-order valence-electron chi connectivity index (χ2n) is 4.77. The Balaban J connectivity index is 2.06. The van der Waals surface area contributed by atoms with Crippen LogP contribution in [0, 0.1) is 0 Å². The molecular weight excluding hydrogens is 353 g/mol. The van der Waals surface area contributed by atoms with Gasteiger partial charge in [0.05, 0.1) is 11.3 Å². The fourth-order valence-electron chi connectivity index (χ4n) is 2.21. The van der Waals surface area contributed by atoms with E-state index in [4.69, 9.17) is 12.2 Å². The Kier molecular flexibility index (Phi) is 4.90. The molecule has 0 unspecified atom stereocenters. The van der Waals surface area contributed by atoms with Crippen molar-refractivity contribution in [2.24, 2.45) is 0 Å². The first kappa shape index (κ1) is 15.6. The van der Waals surface area contributed by atoms with Crippen LogP contribution in [0.2, 0.25) is 0 Å². The molecule has 2 rings (SSSR count). The Hall–Kier alpha value is -0.820. The van der Waals surface area contributed by atoms with Gasteiger partial charge in [-0.05, 0) is 59.2 Å². The molecule has 2 nitrogen and oxygen atoms in total. The van der Waals surface area contributed by atoms with Gasteiger partial charge in [0.25, 0.3) is 0 Å². The van der Waals surface area contributed by atoms with Gasteiger partial charge in [0.1, 0.15) is 0 Å². The van der Waals surface area contributed by atoms with Crippen molar-refractivity contribution in [1.29, 1.82) is 0 Å². The zero-order valence-corrected chi connectivity index (χ0v) is 13.0. The lowest BCUT2D eigenvalue weighted by Gasteiger charge is -2.17. The number of hydrogen-bond acceptors (Lipinski definition) is 1. The fourth-order valence-corrected chi connectivity index (χ4v) is 2.83. The molecule has 0 radical (unpaired) electrons. The van der Waals surface area contributed by atoms with Crippen molar-refractivity contribution in [3.63, 3.8) is 0 Å². The Bertz CT molecular complexity index is 499. The van der Waals surface area contributed by atoms with E-state index in [0.29, 0.717) is 21.3 Å². The molecule has 1 aliphatic rings. The van der Waals surface area contributed by atoms with Crippen molar-refractivity contribution >= 4 is 38.9 Å². The molecule has 20 heavy (non-hydrogen) atoms. The van der Waals surface area contributed by atoms with E-state index >= 15 is 0 Å². The molecule has 0 aromatic heterocycles. The third-order valence-corrected chi connectivity index (χ3v) is 4.14. The van der Waals surface area contributed by atoms with Crippen LogP contribution >= 0.6 is 28.1 Å².